The summed E-state index contributed by atoms with van der Waals surface area (Å²) in [5.74, 6) is -0.943. The molecule has 214 valence electrons. The van der Waals surface area contributed by atoms with Gasteiger partial charge in [-0.3, -0.25) is 13.9 Å². The van der Waals surface area contributed by atoms with Gasteiger partial charge in [0.25, 0.3) is 10.0 Å². The highest BCUT2D eigenvalue weighted by Crippen LogP contribution is 2.31. The summed E-state index contributed by atoms with van der Waals surface area (Å²) in [5.41, 5.74) is 0.701. The fourth-order valence-electron chi connectivity index (χ4n) is 4.08. The SMILES string of the molecule is CCC(C)NC(=O)C(CC)N(Cc1ccc(Cl)cc1Cl)C(=O)CN(c1ccccc1Cl)S(=O)(=O)c1ccccc1. The van der Waals surface area contributed by atoms with E-state index in [1.165, 1.54) is 23.1 Å². The monoisotopic (exact) mass is 623 g/mol. The first-order valence-corrected chi connectivity index (χ1v) is 15.4. The van der Waals surface area contributed by atoms with Gasteiger partial charge in [0.15, 0.2) is 0 Å². The smallest absolute Gasteiger partial charge is 0.264 e. The van der Waals surface area contributed by atoms with Crippen molar-refractivity contribution in [1.29, 1.82) is 0 Å². The number of benzene rings is 3. The number of hydrogen-bond donors (Lipinski definition) is 1. The molecule has 0 saturated heterocycles. The summed E-state index contributed by atoms with van der Waals surface area (Å²) in [7, 11) is -4.21. The number of nitrogens with one attached hydrogen (secondary N) is 1. The van der Waals surface area contributed by atoms with Gasteiger partial charge < -0.3 is 10.2 Å². The number of hydrogen-bond acceptors (Lipinski definition) is 4. The Bertz CT molecular complexity index is 1440. The summed E-state index contributed by atoms with van der Waals surface area (Å²) in [4.78, 5) is 28.8. The van der Waals surface area contributed by atoms with Gasteiger partial charge in [0.2, 0.25) is 11.8 Å². The van der Waals surface area contributed by atoms with Crippen molar-refractivity contribution in [3.8, 4) is 0 Å². The van der Waals surface area contributed by atoms with Crippen molar-refractivity contribution in [1.82, 2.24) is 10.2 Å². The zero-order chi connectivity index (χ0) is 29.4. The average molecular weight is 625 g/mol. The molecular formula is C29H32Cl3N3O4S. The van der Waals surface area contributed by atoms with Gasteiger partial charge in [0, 0.05) is 22.6 Å². The Morgan fingerprint density at radius 2 is 1.52 bits per heavy atom. The second-order valence-corrected chi connectivity index (χ2v) is 12.4. The quantitative estimate of drug-likeness (QED) is 0.247. The summed E-state index contributed by atoms with van der Waals surface area (Å²) in [6, 6.07) is 18.0. The first-order chi connectivity index (χ1) is 19.0. The number of carbonyl (C=O) groups is 2. The molecule has 40 heavy (non-hydrogen) atoms. The molecule has 0 bridgehead atoms. The van der Waals surface area contributed by atoms with Crippen LogP contribution in [-0.4, -0.2) is 43.8 Å². The fourth-order valence-corrected chi connectivity index (χ4v) is 6.29. The van der Waals surface area contributed by atoms with Crippen LogP contribution in [-0.2, 0) is 26.2 Å². The minimum absolute atomic E-state index is 0.00318. The van der Waals surface area contributed by atoms with E-state index in [0.717, 1.165) is 4.31 Å². The van der Waals surface area contributed by atoms with E-state index in [2.05, 4.69) is 5.32 Å². The maximum absolute atomic E-state index is 14.1. The van der Waals surface area contributed by atoms with E-state index in [4.69, 9.17) is 34.8 Å². The van der Waals surface area contributed by atoms with E-state index < -0.39 is 28.5 Å². The topological polar surface area (TPSA) is 86.8 Å². The molecule has 1 N–H and O–H groups in total. The number of amides is 2. The van der Waals surface area contributed by atoms with E-state index in [-0.39, 0.29) is 40.5 Å². The lowest BCUT2D eigenvalue weighted by Crippen LogP contribution is -2.53. The predicted octanol–water partition coefficient (Wildman–Crippen LogP) is 6.56. The van der Waals surface area contributed by atoms with Crippen LogP contribution in [0.15, 0.2) is 77.7 Å². The Kier molecular flexibility index (Phi) is 11.3. The summed E-state index contributed by atoms with van der Waals surface area (Å²) in [6.07, 6.45) is 0.992. The van der Waals surface area contributed by atoms with Crippen LogP contribution in [0.3, 0.4) is 0 Å². The average Bonchev–Trinajstić information content (AvgIpc) is 2.93. The van der Waals surface area contributed by atoms with Gasteiger partial charge in [-0.05, 0) is 61.7 Å². The minimum Gasteiger partial charge on any atom is -0.352 e. The number of sulfonamides is 1. The van der Waals surface area contributed by atoms with Crippen LogP contribution >= 0.6 is 34.8 Å². The molecule has 0 fully saturated rings. The lowest BCUT2D eigenvalue weighted by Gasteiger charge is -2.34. The van der Waals surface area contributed by atoms with E-state index in [0.29, 0.717) is 22.0 Å². The van der Waals surface area contributed by atoms with Crippen LogP contribution < -0.4 is 9.62 Å². The van der Waals surface area contributed by atoms with Crippen LogP contribution in [0.25, 0.3) is 0 Å². The number of rotatable bonds is 12. The summed E-state index contributed by atoms with van der Waals surface area (Å²) in [6.45, 7) is 4.97. The summed E-state index contributed by atoms with van der Waals surface area (Å²) >= 11 is 18.9. The number of carbonyl (C=O) groups excluding carboxylic acids is 2. The number of para-hydroxylation sites is 1. The molecule has 3 aromatic carbocycles. The van der Waals surface area contributed by atoms with Crippen LogP contribution in [0.5, 0.6) is 0 Å². The summed E-state index contributed by atoms with van der Waals surface area (Å²) in [5, 5.41) is 3.84. The molecule has 11 heteroatoms. The van der Waals surface area contributed by atoms with Crippen molar-refractivity contribution in [3.05, 3.63) is 93.4 Å². The van der Waals surface area contributed by atoms with Crippen molar-refractivity contribution >= 4 is 62.3 Å². The number of nitrogens with zero attached hydrogens (tertiary/aromatic N) is 2. The molecular weight excluding hydrogens is 593 g/mol. The van der Waals surface area contributed by atoms with Gasteiger partial charge in [0.05, 0.1) is 15.6 Å². The molecule has 2 unspecified atom stereocenters. The Morgan fingerprint density at radius 3 is 2.12 bits per heavy atom. The maximum atomic E-state index is 14.1. The Morgan fingerprint density at radius 1 is 0.875 bits per heavy atom. The minimum atomic E-state index is -4.21. The van der Waals surface area contributed by atoms with Gasteiger partial charge in [-0.1, -0.05) is 85.0 Å². The second kappa shape index (κ2) is 14.2. The highest BCUT2D eigenvalue weighted by Gasteiger charge is 2.34. The van der Waals surface area contributed by atoms with E-state index in [1.807, 2.05) is 13.8 Å². The first-order valence-electron chi connectivity index (χ1n) is 12.9. The van der Waals surface area contributed by atoms with Crippen LogP contribution in [0.2, 0.25) is 15.1 Å². The zero-order valence-corrected chi connectivity index (χ0v) is 25.6. The lowest BCUT2D eigenvalue weighted by atomic mass is 10.1. The Balaban J connectivity index is 2.08. The molecule has 0 aliphatic carbocycles. The third-order valence-electron chi connectivity index (χ3n) is 6.47. The largest absolute Gasteiger partial charge is 0.352 e. The molecule has 3 rings (SSSR count). The standard InChI is InChI=1S/C29H32Cl3N3O4S/c1-4-20(3)33-29(37)26(5-2)34(18-21-15-16-22(30)17-25(21)32)28(36)19-35(27-14-10-9-13-24(27)31)40(38,39)23-11-7-6-8-12-23/h6-17,20,26H,4-5,18-19H2,1-3H3,(H,33,37). The lowest BCUT2D eigenvalue weighted by molar-refractivity contribution is -0.140. The number of anilines is 1. The molecule has 0 radical (unpaired) electrons. The molecule has 0 aliphatic heterocycles. The Hall–Kier alpha value is -2.78. The van der Waals surface area contributed by atoms with Crippen molar-refractivity contribution in [2.45, 2.75) is 57.1 Å². The third kappa shape index (κ3) is 7.69. The van der Waals surface area contributed by atoms with Crippen LogP contribution in [0, 0.1) is 0 Å². The fraction of sp³-hybridized carbons (Fsp3) is 0.310. The normalized spacial score (nSPS) is 12.8. The highest BCUT2D eigenvalue weighted by molar-refractivity contribution is 7.92. The second-order valence-electron chi connectivity index (χ2n) is 9.28. The molecule has 0 spiro atoms. The number of halogens is 3. The van der Waals surface area contributed by atoms with Crippen molar-refractivity contribution in [2.24, 2.45) is 0 Å². The van der Waals surface area contributed by atoms with Gasteiger partial charge in [-0.15, -0.1) is 0 Å². The highest BCUT2D eigenvalue weighted by atomic mass is 35.5. The zero-order valence-electron chi connectivity index (χ0n) is 22.5. The molecule has 0 aromatic heterocycles. The van der Waals surface area contributed by atoms with Gasteiger partial charge in [-0.2, -0.15) is 0 Å². The van der Waals surface area contributed by atoms with Gasteiger partial charge in [-0.25, -0.2) is 8.42 Å². The Labute approximate surface area is 251 Å². The van der Waals surface area contributed by atoms with Crippen molar-refractivity contribution < 1.29 is 18.0 Å². The van der Waals surface area contributed by atoms with E-state index >= 15 is 0 Å². The van der Waals surface area contributed by atoms with E-state index in [1.54, 1.807) is 61.5 Å². The molecule has 0 heterocycles. The van der Waals surface area contributed by atoms with Crippen LogP contribution in [0.4, 0.5) is 5.69 Å². The molecule has 2 atom stereocenters. The van der Waals surface area contributed by atoms with E-state index in [9.17, 15) is 18.0 Å². The molecule has 2 amide bonds. The first kappa shape index (κ1) is 31.7. The molecule has 3 aromatic rings. The molecule has 7 nitrogen and oxygen atoms in total. The summed E-state index contributed by atoms with van der Waals surface area (Å²) < 4.78 is 28.6. The van der Waals surface area contributed by atoms with Gasteiger partial charge in [0.1, 0.15) is 12.6 Å². The third-order valence-corrected chi connectivity index (χ3v) is 9.15. The molecule has 0 aliphatic rings. The molecule has 0 saturated carbocycles. The van der Waals surface area contributed by atoms with Crippen molar-refractivity contribution in [2.75, 3.05) is 10.8 Å². The maximum Gasteiger partial charge on any atom is 0.264 e. The predicted molar refractivity (Wildman–Crippen MR) is 161 cm³/mol. The van der Waals surface area contributed by atoms with Crippen molar-refractivity contribution in [3.63, 3.8) is 0 Å². The van der Waals surface area contributed by atoms with Crippen LogP contribution in [0.1, 0.15) is 39.2 Å². The van der Waals surface area contributed by atoms with Gasteiger partial charge >= 0.3 is 0 Å².